The maximum atomic E-state index is 14.6. The average molecular weight is 473 g/mol. The van der Waals surface area contributed by atoms with Crippen LogP contribution in [-0.2, 0) is 18.7 Å². The zero-order valence-electron chi connectivity index (χ0n) is 19.6. The van der Waals surface area contributed by atoms with Crippen LogP contribution in [0.4, 0.5) is 8.78 Å². The summed E-state index contributed by atoms with van der Waals surface area (Å²) in [5, 5.41) is 15.5. The molecule has 0 saturated carbocycles. The van der Waals surface area contributed by atoms with E-state index < -0.39 is 17.2 Å². The van der Waals surface area contributed by atoms with E-state index in [1.165, 1.54) is 23.4 Å². The highest BCUT2D eigenvalue weighted by Gasteiger charge is 2.34. The number of hydrogen-bond donors (Lipinski definition) is 1. The molecule has 178 valence electrons. The topological polar surface area (TPSA) is 54.2 Å². The number of halogens is 2. The number of aryl methyl sites for hydroxylation is 1. The van der Waals surface area contributed by atoms with E-state index in [2.05, 4.69) is 21.9 Å². The summed E-state index contributed by atoms with van der Waals surface area (Å²) >= 11 is 0. The first-order valence-corrected chi connectivity index (χ1v) is 11.2. The van der Waals surface area contributed by atoms with Gasteiger partial charge in [-0.05, 0) is 49.4 Å². The van der Waals surface area contributed by atoms with Crippen LogP contribution in [0.25, 0.3) is 0 Å². The molecule has 1 unspecified atom stereocenters. The molecule has 1 atom stereocenters. The molecule has 0 radical (unpaired) electrons. The molecule has 1 heterocycles. The monoisotopic (exact) mass is 472 g/mol. The molecule has 0 aliphatic rings. The Labute approximate surface area is 203 Å². The lowest BCUT2D eigenvalue weighted by molar-refractivity contribution is -0.0175. The van der Waals surface area contributed by atoms with Gasteiger partial charge < -0.3 is 5.11 Å². The molecule has 1 aromatic heterocycles. The van der Waals surface area contributed by atoms with Crippen molar-refractivity contribution in [3.8, 4) is 11.8 Å². The van der Waals surface area contributed by atoms with Gasteiger partial charge in [-0.3, -0.25) is 4.90 Å². The van der Waals surface area contributed by atoms with Crippen molar-refractivity contribution >= 4 is 0 Å². The molecule has 4 aromatic rings. The third-order valence-electron chi connectivity index (χ3n) is 5.75. The molecule has 0 aliphatic heterocycles. The first kappa shape index (κ1) is 24.3. The zero-order chi connectivity index (χ0) is 24.8. The molecule has 1 N–H and O–H groups in total. The Morgan fingerprint density at radius 3 is 2.49 bits per heavy atom. The van der Waals surface area contributed by atoms with Crippen LogP contribution in [0.5, 0.6) is 0 Å². The van der Waals surface area contributed by atoms with Crippen molar-refractivity contribution in [3.05, 3.63) is 119 Å². The lowest BCUT2D eigenvalue weighted by Crippen LogP contribution is -2.43. The third-order valence-corrected chi connectivity index (χ3v) is 5.75. The van der Waals surface area contributed by atoms with Crippen LogP contribution < -0.4 is 0 Å². The lowest BCUT2D eigenvalue weighted by Gasteiger charge is -2.33. The predicted octanol–water partition coefficient (Wildman–Crippen LogP) is 4.28. The van der Waals surface area contributed by atoms with E-state index in [1.807, 2.05) is 67.4 Å². The summed E-state index contributed by atoms with van der Waals surface area (Å²) in [6.07, 6.45) is 2.79. The Bertz CT molecular complexity index is 1340. The van der Waals surface area contributed by atoms with Gasteiger partial charge in [-0.1, -0.05) is 48.2 Å². The number of likely N-dealkylation sites (N-methyl/N-ethyl adjacent to an activating group) is 1. The van der Waals surface area contributed by atoms with Crippen LogP contribution in [0.3, 0.4) is 0 Å². The predicted molar refractivity (Wildman–Crippen MR) is 130 cm³/mol. The average Bonchev–Trinajstić information content (AvgIpc) is 3.32. The highest BCUT2D eigenvalue weighted by Crippen LogP contribution is 2.28. The van der Waals surface area contributed by atoms with Gasteiger partial charge in [-0.25, -0.2) is 18.4 Å². The fourth-order valence-electron chi connectivity index (χ4n) is 4.03. The minimum absolute atomic E-state index is 0.00285. The Balaban J connectivity index is 1.49. The Kier molecular flexibility index (Phi) is 7.35. The molecule has 3 aromatic carbocycles. The molecule has 0 bridgehead atoms. The van der Waals surface area contributed by atoms with E-state index in [1.54, 1.807) is 0 Å². The second-order valence-electron chi connectivity index (χ2n) is 8.68. The van der Waals surface area contributed by atoms with Crippen molar-refractivity contribution in [2.45, 2.75) is 25.6 Å². The molecule has 7 heteroatoms. The smallest absolute Gasteiger partial charge is 0.137 e. The number of hydrogen-bond acceptors (Lipinski definition) is 4. The van der Waals surface area contributed by atoms with E-state index >= 15 is 0 Å². The number of benzene rings is 3. The Hall–Kier alpha value is -3.86. The normalized spacial score (nSPS) is 12.7. The number of nitrogens with zero attached hydrogens (tertiary/aromatic N) is 4. The van der Waals surface area contributed by atoms with Crippen LogP contribution in [-0.4, -0.2) is 38.4 Å². The highest BCUT2D eigenvalue weighted by molar-refractivity contribution is 5.46. The minimum Gasteiger partial charge on any atom is -0.382 e. The van der Waals surface area contributed by atoms with Crippen LogP contribution in [0.1, 0.15) is 27.8 Å². The largest absolute Gasteiger partial charge is 0.382 e. The van der Waals surface area contributed by atoms with Crippen molar-refractivity contribution in [1.82, 2.24) is 19.7 Å². The summed E-state index contributed by atoms with van der Waals surface area (Å²) in [4.78, 5) is 5.78. The van der Waals surface area contributed by atoms with Crippen LogP contribution in [0.15, 0.2) is 79.4 Å². The standard InChI is InChI=1S/C28H26F2N4O/c1-21-5-3-4-6-24(21)12-11-22-7-9-23(10-8-22)16-33(2)17-28(35,18-34-20-31-19-32-34)26-14-13-25(29)15-27(26)30/h3-10,13-15,19-20,35H,16-18H2,1-2H3. The van der Waals surface area contributed by atoms with E-state index in [4.69, 9.17) is 0 Å². The molecule has 0 aliphatic carbocycles. The first-order valence-electron chi connectivity index (χ1n) is 11.2. The van der Waals surface area contributed by atoms with Crippen molar-refractivity contribution < 1.29 is 13.9 Å². The van der Waals surface area contributed by atoms with E-state index in [0.29, 0.717) is 6.54 Å². The van der Waals surface area contributed by atoms with Crippen LogP contribution in [0, 0.1) is 30.4 Å². The summed E-state index contributed by atoms with van der Waals surface area (Å²) in [5.74, 6) is 4.88. The van der Waals surface area contributed by atoms with Gasteiger partial charge in [0.05, 0.1) is 6.54 Å². The molecular formula is C28H26F2N4O. The second kappa shape index (κ2) is 10.6. The van der Waals surface area contributed by atoms with E-state index in [9.17, 15) is 13.9 Å². The van der Waals surface area contributed by atoms with Gasteiger partial charge in [-0.2, -0.15) is 5.10 Å². The van der Waals surface area contributed by atoms with Gasteiger partial charge in [0.2, 0.25) is 0 Å². The SMILES string of the molecule is Cc1ccccc1C#Cc1ccc(CN(C)CC(O)(Cn2cncn2)c2ccc(F)cc2F)cc1. The fourth-order valence-corrected chi connectivity index (χ4v) is 4.03. The van der Waals surface area contributed by atoms with Gasteiger partial charge in [0, 0.05) is 35.8 Å². The van der Waals surface area contributed by atoms with Gasteiger partial charge >= 0.3 is 0 Å². The highest BCUT2D eigenvalue weighted by atomic mass is 19.1. The number of aliphatic hydroxyl groups is 1. The molecule has 0 spiro atoms. The molecule has 0 saturated heterocycles. The van der Waals surface area contributed by atoms with Crippen LogP contribution >= 0.6 is 0 Å². The maximum absolute atomic E-state index is 14.6. The van der Waals surface area contributed by atoms with Gasteiger partial charge in [0.1, 0.15) is 29.9 Å². The quantitative estimate of drug-likeness (QED) is 0.408. The van der Waals surface area contributed by atoms with Crippen molar-refractivity contribution in [2.24, 2.45) is 0 Å². The summed E-state index contributed by atoms with van der Waals surface area (Å²) in [6, 6.07) is 19.0. The molecular weight excluding hydrogens is 446 g/mol. The summed E-state index contributed by atoms with van der Waals surface area (Å²) in [5.41, 5.74) is 2.39. The van der Waals surface area contributed by atoms with Gasteiger partial charge in [0.25, 0.3) is 0 Å². The molecule has 0 fully saturated rings. The van der Waals surface area contributed by atoms with Crippen molar-refractivity contribution in [3.63, 3.8) is 0 Å². The van der Waals surface area contributed by atoms with Crippen molar-refractivity contribution in [1.29, 1.82) is 0 Å². The number of aromatic nitrogens is 3. The van der Waals surface area contributed by atoms with E-state index in [0.717, 1.165) is 34.4 Å². The third kappa shape index (κ3) is 6.18. The lowest BCUT2D eigenvalue weighted by atomic mass is 9.92. The summed E-state index contributed by atoms with van der Waals surface area (Å²) < 4.78 is 29.6. The minimum atomic E-state index is -1.65. The van der Waals surface area contributed by atoms with E-state index in [-0.39, 0.29) is 18.7 Å². The fraction of sp³-hybridized carbons (Fsp3) is 0.214. The first-order chi connectivity index (χ1) is 16.8. The van der Waals surface area contributed by atoms with Crippen molar-refractivity contribution in [2.75, 3.05) is 13.6 Å². The van der Waals surface area contributed by atoms with Gasteiger partial charge in [0.15, 0.2) is 0 Å². The van der Waals surface area contributed by atoms with Gasteiger partial charge in [-0.15, -0.1) is 0 Å². The number of rotatable bonds is 7. The molecule has 5 nitrogen and oxygen atoms in total. The maximum Gasteiger partial charge on any atom is 0.137 e. The molecule has 0 amide bonds. The molecule has 35 heavy (non-hydrogen) atoms. The van der Waals surface area contributed by atoms with Crippen LogP contribution in [0.2, 0.25) is 0 Å². The Morgan fingerprint density at radius 2 is 1.80 bits per heavy atom. The zero-order valence-corrected chi connectivity index (χ0v) is 19.6. The summed E-state index contributed by atoms with van der Waals surface area (Å²) in [6.45, 7) is 2.59. The Morgan fingerprint density at radius 1 is 1.03 bits per heavy atom. The molecule has 4 rings (SSSR count). The summed E-state index contributed by atoms with van der Waals surface area (Å²) in [7, 11) is 1.83. The second-order valence-corrected chi connectivity index (χ2v) is 8.68.